The molecular weight excluding hydrogens is 208 g/mol. The van der Waals surface area contributed by atoms with E-state index in [-0.39, 0.29) is 0 Å². The Kier molecular flexibility index (Phi) is 1.99. The summed E-state index contributed by atoms with van der Waals surface area (Å²) in [6.45, 7) is 0.464. The van der Waals surface area contributed by atoms with E-state index in [0.29, 0.717) is 12.4 Å². The number of pyridine rings is 1. The highest BCUT2D eigenvalue weighted by Crippen LogP contribution is 2.18. The molecule has 0 spiro atoms. The number of nitrogens with zero attached hydrogens (tertiary/aromatic N) is 4. The molecule has 0 aromatic carbocycles. The zero-order valence-electron chi connectivity index (χ0n) is 8.21. The summed E-state index contributed by atoms with van der Waals surface area (Å²) in [6.07, 6.45) is 4.76. The third-order valence-electron chi connectivity index (χ3n) is 2.17. The van der Waals surface area contributed by atoms with Gasteiger partial charge in [0.25, 0.3) is 0 Å². The Morgan fingerprint density at radius 2 is 2.44 bits per heavy atom. The summed E-state index contributed by atoms with van der Waals surface area (Å²) in [5, 5.41) is 17.4. The lowest BCUT2D eigenvalue weighted by atomic mass is 10.3. The highest BCUT2D eigenvalue weighted by atomic mass is 16.4. The zero-order valence-corrected chi connectivity index (χ0v) is 8.21. The molecule has 0 radical (unpaired) electrons. The van der Waals surface area contributed by atoms with Crippen molar-refractivity contribution in [1.82, 2.24) is 25.4 Å². The monoisotopic (exact) mass is 216 g/mol. The van der Waals surface area contributed by atoms with E-state index < -0.39 is 0 Å². The van der Waals surface area contributed by atoms with Gasteiger partial charge in [0.2, 0.25) is 12.3 Å². The highest BCUT2D eigenvalue weighted by molar-refractivity contribution is 5.86. The topological polar surface area (TPSA) is 92.5 Å². The van der Waals surface area contributed by atoms with Gasteiger partial charge in [0.15, 0.2) is 0 Å². The van der Waals surface area contributed by atoms with Gasteiger partial charge in [-0.2, -0.15) is 5.10 Å². The molecular formula is C9H8N6O. The predicted octanol–water partition coefficient (Wildman–Crippen LogP) is 0.953. The van der Waals surface area contributed by atoms with Crippen molar-refractivity contribution < 1.29 is 4.42 Å². The van der Waals surface area contributed by atoms with Crippen LogP contribution >= 0.6 is 0 Å². The van der Waals surface area contributed by atoms with Gasteiger partial charge in [-0.3, -0.25) is 10.1 Å². The van der Waals surface area contributed by atoms with Crippen molar-refractivity contribution in [3.05, 3.63) is 30.7 Å². The Morgan fingerprint density at radius 3 is 3.31 bits per heavy atom. The number of aromatic amines is 1. The first-order valence-corrected chi connectivity index (χ1v) is 4.71. The molecule has 0 amide bonds. The van der Waals surface area contributed by atoms with Crippen molar-refractivity contribution in [3.63, 3.8) is 0 Å². The lowest BCUT2D eigenvalue weighted by Crippen LogP contribution is -2.00. The van der Waals surface area contributed by atoms with Crippen LogP contribution in [0.3, 0.4) is 0 Å². The Bertz CT molecular complexity index is 587. The molecule has 3 aromatic rings. The summed E-state index contributed by atoms with van der Waals surface area (Å²) in [5.74, 6) is 0.528. The number of rotatable bonds is 3. The minimum absolute atomic E-state index is 0.464. The Hall–Kier alpha value is -2.44. The van der Waals surface area contributed by atoms with Crippen LogP contribution in [-0.4, -0.2) is 25.4 Å². The van der Waals surface area contributed by atoms with Crippen LogP contribution in [0.25, 0.3) is 11.0 Å². The smallest absolute Gasteiger partial charge is 0.235 e. The van der Waals surface area contributed by atoms with Crippen LogP contribution in [0.2, 0.25) is 0 Å². The van der Waals surface area contributed by atoms with E-state index in [9.17, 15) is 0 Å². The molecule has 2 N–H and O–H groups in total. The minimum atomic E-state index is 0.464. The van der Waals surface area contributed by atoms with E-state index in [1.165, 1.54) is 6.39 Å². The fraction of sp³-hybridized carbons (Fsp3) is 0.111. The molecule has 0 aliphatic rings. The summed E-state index contributed by atoms with van der Waals surface area (Å²) in [4.78, 5) is 4.16. The fourth-order valence-corrected chi connectivity index (χ4v) is 1.44. The number of H-pyrrole nitrogens is 1. The molecule has 0 saturated heterocycles. The van der Waals surface area contributed by atoms with Gasteiger partial charge in [0.1, 0.15) is 11.0 Å². The van der Waals surface area contributed by atoms with E-state index in [1.54, 1.807) is 12.4 Å². The summed E-state index contributed by atoms with van der Waals surface area (Å²) < 4.78 is 5.02. The lowest BCUT2D eigenvalue weighted by molar-refractivity contribution is 0.502. The Morgan fingerprint density at radius 1 is 1.44 bits per heavy atom. The normalized spacial score (nSPS) is 10.8. The number of aromatic nitrogens is 5. The van der Waals surface area contributed by atoms with Gasteiger partial charge in [-0.15, -0.1) is 10.2 Å². The number of hydrogen-bond acceptors (Lipinski definition) is 6. The van der Waals surface area contributed by atoms with Crippen molar-refractivity contribution in [2.24, 2.45) is 0 Å². The number of anilines is 1. The predicted molar refractivity (Wildman–Crippen MR) is 55.5 cm³/mol. The maximum absolute atomic E-state index is 5.02. The van der Waals surface area contributed by atoms with Crippen molar-refractivity contribution >= 4 is 16.7 Å². The van der Waals surface area contributed by atoms with E-state index in [0.717, 1.165) is 16.7 Å². The second kappa shape index (κ2) is 3.61. The molecule has 16 heavy (non-hydrogen) atoms. The Labute approximate surface area is 89.9 Å². The van der Waals surface area contributed by atoms with E-state index >= 15 is 0 Å². The average molecular weight is 216 g/mol. The lowest BCUT2D eigenvalue weighted by Gasteiger charge is -2.02. The largest absolute Gasteiger partial charge is 0.426 e. The van der Waals surface area contributed by atoms with E-state index in [2.05, 4.69) is 30.7 Å². The number of nitrogens with one attached hydrogen (secondary N) is 2. The first-order valence-electron chi connectivity index (χ1n) is 4.71. The van der Waals surface area contributed by atoms with Crippen LogP contribution in [0.15, 0.2) is 29.3 Å². The Balaban J connectivity index is 1.86. The minimum Gasteiger partial charge on any atom is -0.426 e. The van der Waals surface area contributed by atoms with Crippen LogP contribution in [0.1, 0.15) is 5.89 Å². The van der Waals surface area contributed by atoms with Crippen molar-refractivity contribution in [2.75, 3.05) is 5.32 Å². The van der Waals surface area contributed by atoms with Gasteiger partial charge in [-0.05, 0) is 6.07 Å². The molecule has 0 bridgehead atoms. The molecule has 0 fully saturated rings. The second-order valence-electron chi connectivity index (χ2n) is 3.16. The van der Waals surface area contributed by atoms with Gasteiger partial charge < -0.3 is 9.73 Å². The SMILES string of the molecule is c1cc(NCc2nnco2)c2n[nH]cc2n1. The molecule has 80 valence electrons. The van der Waals surface area contributed by atoms with Gasteiger partial charge >= 0.3 is 0 Å². The number of hydrogen-bond donors (Lipinski definition) is 2. The third kappa shape index (κ3) is 1.48. The van der Waals surface area contributed by atoms with Gasteiger partial charge in [0, 0.05) is 12.4 Å². The summed E-state index contributed by atoms with van der Waals surface area (Å²) in [7, 11) is 0. The van der Waals surface area contributed by atoms with E-state index in [4.69, 9.17) is 4.42 Å². The third-order valence-corrected chi connectivity index (χ3v) is 2.17. The molecule has 3 aromatic heterocycles. The van der Waals surface area contributed by atoms with Gasteiger partial charge in [-0.1, -0.05) is 0 Å². The maximum atomic E-state index is 5.02. The van der Waals surface area contributed by atoms with Crippen molar-refractivity contribution in [1.29, 1.82) is 0 Å². The first-order chi connectivity index (χ1) is 7.93. The van der Waals surface area contributed by atoms with Gasteiger partial charge in [0.05, 0.1) is 12.2 Å². The van der Waals surface area contributed by atoms with Crippen LogP contribution < -0.4 is 5.32 Å². The molecule has 3 heterocycles. The standard InChI is InChI=1S/C9H8N6O/c1-2-10-7-3-12-15-9(7)6(1)11-4-8-14-13-5-16-8/h1-3,5H,4H2,(H,10,11)(H,12,15). The molecule has 0 atom stereocenters. The molecule has 0 aliphatic carbocycles. The first kappa shape index (κ1) is 8.84. The maximum Gasteiger partial charge on any atom is 0.235 e. The highest BCUT2D eigenvalue weighted by Gasteiger charge is 2.05. The second-order valence-corrected chi connectivity index (χ2v) is 3.16. The van der Waals surface area contributed by atoms with Crippen LogP contribution in [0, 0.1) is 0 Å². The van der Waals surface area contributed by atoms with Crippen molar-refractivity contribution in [3.8, 4) is 0 Å². The summed E-state index contributed by atoms with van der Waals surface area (Å²) in [6, 6.07) is 1.85. The quantitative estimate of drug-likeness (QED) is 0.677. The average Bonchev–Trinajstić information content (AvgIpc) is 2.97. The molecule has 0 aliphatic heterocycles. The summed E-state index contributed by atoms with van der Waals surface area (Å²) in [5.41, 5.74) is 2.49. The molecule has 3 rings (SSSR count). The van der Waals surface area contributed by atoms with E-state index in [1.807, 2.05) is 6.07 Å². The molecule has 0 saturated carbocycles. The molecule has 7 heteroatoms. The zero-order chi connectivity index (χ0) is 10.8. The van der Waals surface area contributed by atoms with Crippen molar-refractivity contribution in [2.45, 2.75) is 6.54 Å². The number of fused-ring (bicyclic) bond motifs is 1. The molecule has 7 nitrogen and oxygen atoms in total. The summed E-state index contributed by atoms with van der Waals surface area (Å²) >= 11 is 0. The van der Waals surface area contributed by atoms with Crippen LogP contribution in [0.4, 0.5) is 5.69 Å². The fourth-order valence-electron chi connectivity index (χ4n) is 1.44. The van der Waals surface area contributed by atoms with Gasteiger partial charge in [-0.25, -0.2) is 0 Å². The molecule has 0 unspecified atom stereocenters. The van der Waals surface area contributed by atoms with Crippen LogP contribution in [-0.2, 0) is 6.54 Å². The van der Waals surface area contributed by atoms with Crippen LogP contribution in [0.5, 0.6) is 0 Å².